The van der Waals surface area contributed by atoms with Crippen molar-refractivity contribution in [1.29, 1.82) is 0 Å². The van der Waals surface area contributed by atoms with Gasteiger partial charge in [0.15, 0.2) is 0 Å². The van der Waals surface area contributed by atoms with Crippen molar-refractivity contribution in [3.05, 3.63) is 15.6 Å². The number of aryl methyl sites for hydroxylation is 1. The predicted molar refractivity (Wildman–Crippen MR) is 86.5 cm³/mol. The Bertz CT molecular complexity index is 397. The van der Waals surface area contributed by atoms with E-state index in [2.05, 4.69) is 36.0 Å². The van der Waals surface area contributed by atoms with E-state index < -0.39 is 0 Å². The number of likely N-dealkylation sites (N-methyl/N-ethyl adjacent to an activating group) is 1. The third kappa shape index (κ3) is 4.81. The molecule has 4 nitrogen and oxygen atoms in total. The van der Waals surface area contributed by atoms with Gasteiger partial charge in [-0.3, -0.25) is 0 Å². The first-order valence-corrected chi connectivity index (χ1v) is 8.57. The quantitative estimate of drug-likeness (QED) is 0.777. The molecule has 0 aliphatic carbocycles. The van der Waals surface area contributed by atoms with E-state index in [9.17, 15) is 0 Å². The van der Waals surface area contributed by atoms with Gasteiger partial charge in [-0.25, -0.2) is 4.98 Å². The number of nitrogens with zero attached hydrogens (tertiary/aromatic N) is 3. The number of hydrogen-bond donors (Lipinski definition) is 1. The lowest BCUT2D eigenvalue weighted by Crippen LogP contribution is -2.45. The topological polar surface area (TPSA) is 31.4 Å². The molecule has 2 heterocycles. The van der Waals surface area contributed by atoms with Crippen LogP contribution in [0.3, 0.4) is 0 Å². The van der Waals surface area contributed by atoms with Crippen molar-refractivity contribution in [1.82, 2.24) is 20.1 Å². The van der Waals surface area contributed by atoms with Gasteiger partial charge in [-0.1, -0.05) is 6.92 Å². The van der Waals surface area contributed by atoms with Crippen molar-refractivity contribution < 1.29 is 0 Å². The first-order chi connectivity index (χ1) is 9.69. The van der Waals surface area contributed by atoms with E-state index in [0.29, 0.717) is 0 Å². The summed E-state index contributed by atoms with van der Waals surface area (Å²) in [5.74, 6) is 0. The summed E-state index contributed by atoms with van der Waals surface area (Å²) in [6, 6.07) is 0. The molecule has 0 aromatic carbocycles. The Morgan fingerprint density at radius 2 is 2.00 bits per heavy atom. The van der Waals surface area contributed by atoms with Crippen LogP contribution in [-0.4, -0.2) is 61.1 Å². The fourth-order valence-corrected chi connectivity index (χ4v) is 3.49. The van der Waals surface area contributed by atoms with Crippen molar-refractivity contribution >= 4 is 11.3 Å². The fourth-order valence-electron chi connectivity index (χ4n) is 2.46. The molecule has 0 saturated carbocycles. The average Bonchev–Trinajstić information content (AvgIpc) is 2.79. The summed E-state index contributed by atoms with van der Waals surface area (Å²) in [6.07, 6.45) is 2.29. The second-order valence-electron chi connectivity index (χ2n) is 5.69. The van der Waals surface area contributed by atoms with Gasteiger partial charge in [0, 0.05) is 50.6 Å². The Morgan fingerprint density at radius 3 is 2.70 bits per heavy atom. The minimum absolute atomic E-state index is 0.978. The van der Waals surface area contributed by atoms with Crippen molar-refractivity contribution in [2.45, 2.75) is 33.2 Å². The van der Waals surface area contributed by atoms with Gasteiger partial charge in [0.2, 0.25) is 0 Å². The molecule has 2 rings (SSSR count). The van der Waals surface area contributed by atoms with Gasteiger partial charge in [0.25, 0.3) is 0 Å². The molecule has 20 heavy (non-hydrogen) atoms. The highest BCUT2D eigenvalue weighted by Crippen LogP contribution is 2.18. The molecular formula is C15H28N4S. The summed E-state index contributed by atoms with van der Waals surface area (Å²) in [6.45, 7) is 12.4. The highest BCUT2D eigenvalue weighted by atomic mass is 32.1. The van der Waals surface area contributed by atoms with E-state index in [1.807, 2.05) is 11.3 Å². The summed E-state index contributed by atoms with van der Waals surface area (Å²) >= 11 is 1.89. The van der Waals surface area contributed by atoms with Crippen LogP contribution in [0.4, 0.5) is 0 Å². The zero-order valence-electron chi connectivity index (χ0n) is 13.1. The monoisotopic (exact) mass is 296 g/mol. The Hall–Kier alpha value is -0.490. The Kier molecular flexibility index (Phi) is 6.42. The van der Waals surface area contributed by atoms with E-state index in [-0.39, 0.29) is 0 Å². The zero-order chi connectivity index (χ0) is 14.4. The molecule has 0 bridgehead atoms. The van der Waals surface area contributed by atoms with Gasteiger partial charge in [0.05, 0.1) is 10.7 Å². The largest absolute Gasteiger partial charge is 0.312 e. The van der Waals surface area contributed by atoms with E-state index in [1.165, 1.54) is 48.2 Å². The van der Waals surface area contributed by atoms with Gasteiger partial charge in [-0.2, -0.15) is 0 Å². The number of nitrogens with one attached hydrogen (secondary N) is 1. The summed E-state index contributed by atoms with van der Waals surface area (Å²) in [4.78, 5) is 11.1. The number of aromatic nitrogens is 1. The van der Waals surface area contributed by atoms with Gasteiger partial charge in [0.1, 0.15) is 0 Å². The zero-order valence-corrected chi connectivity index (χ0v) is 13.9. The Balaban J connectivity index is 1.76. The molecular weight excluding hydrogens is 268 g/mol. The Labute approximate surface area is 127 Å². The summed E-state index contributed by atoms with van der Waals surface area (Å²) < 4.78 is 0. The lowest BCUT2D eigenvalue weighted by molar-refractivity contribution is 0.155. The van der Waals surface area contributed by atoms with Crippen LogP contribution in [0.25, 0.3) is 0 Å². The molecule has 1 fully saturated rings. The smallest absolute Gasteiger partial charge is 0.0944 e. The third-order valence-electron chi connectivity index (χ3n) is 3.89. The van der Waals surface area contributed by atoms with E-state index >= 15 is 0 Å². The van der Waals surface area contributed by atoms with Crippen LogP contribution in [0.5, 0.6) is 0 Å². The fraction of sp³-hybridized carbons (Fsp3) is 0.800. The average molecular weight is 296 g/mol. The maximum absolute atomic E-state index is 4.73. The van der Waals surface area contributed by atoms with Crippen LogP contribution in [0.2, 0.25) is 0 Å². The van der Waals surface area contributed by atoms with E-state index in [0.717, 1.165) is 26.1 Å². The minimum atomic E-state index is 0.978. The minimum Gasteiger partial charge on any atom is -0.312 e. The highest BCUT2D eigenvalue weighted by Gasteiger charge is 2.14. The van der Waals surface area contributed by atoms with Gasteiger partial charge in [-0.15, -0.1) is 11.3 Å². The molecule has 1 aromatic rings. The molecule has 0 radical (unpaired) electrons. The second-order valence-corrected chi connectivity index (χ2v) is 6.86. The molecule has 0 spiro atoms. The number of hydrogen-bond acceptors (Lipinski definition) is 5. The molecule has 0 unspecified atom stereocenters. The molecule has 1 saturated heterocycles. The van der Waals surface area contributed by atoms with Crippen molar-refractivity contribution in [2.75, 3.05) is 46.3 Å². The van der Waals surface area contributed by atoms with E-state index in [1.54, 1.807) is 0 Å². The number of rotatable bonds is 7. The molecule has 0 atom stereocenters. The lowest BCUT2D eigenvalue weighted by Gasteiger charge is -2.32. The van der Waals surface area contributed by atoms with Crippen molar-refractivity contribution in [3.63, 3.8) is 0 Å². The normalized spacial score (nSPS) is 17.8. The van der Waals surface area contributed by atoms with Crippen LogP contribution < -0.4 is 5.32 Å². The third-order valence-corrected chi connectivity index (χ3v) is 5.10. The molecule has 1 N–H and O–H groups in total. The lowest BCUT2D eigenvalue weighted by atomic mass is 10.3. The Morgan fingerprint density at radius 1 is 1.25 bits per heavy atom. The predicted octanol–water partition coefficient (Wildman–Crippen LogP) is 1.74. The van der Waals surface area contributed by atoms with Crippen molar-refractivity contribution in [3.8, 4) is 0 Å². The summed E-state index contributed by atoms with van der Waals surface area (Å²) in [5, 5.41) is 4.77. The number of piperazine rings is 1. The summed E-state index contributed by atoms with van der Waals surface area (Å²) in [5.41, 5.74) is 1.21. The maximum atomic E-state index is 4.73. The molecule has 1 aliphatic heterocycles. The van der Waals surface area contributed by atoms with Gasteiger partial charge in [-0.05, 0) is 26.9 Å². The first-order valence-electron chi connectivity index (χ1n) is 7.76. The van der Waals surface area contributed by atoms with Crippen LogP contribution >= 0.6 is 11.3 Å². The molecule has 5 heteroatoms. The van der Waals surface area contributed by atoms with Crippen LogP contribution in [0.15, 0.2) is 0 Å². The summed E-state index contributed by atoms with van der Waals surface area (Å²) in [7, 11) is 2.21. The van der Waals surface area contributed by atoms with Crippen LogP contribution in [-0.2, 0) is 13.0 Å². The maximum Gasteiger partial charge on any atom is 0.0944 e. The molecule has 0 amide bonds. The van der Waals surface area contributed by atoms with E-state index in [4.69, 9.17) is 4.98 Å². The van der Waals surface area contributed by atoms with Crippen LogP contribution in [0.1, 0.15) is 28.9 Å². The first kappa shape index (κ1) is 15.9. The molecule has 1 aromatic heterocycles. The standard InChI is InChI=1S/C15H28N4S/c1-4-6-16-12-14-13(2)17-15(20-14)5-7-19-10-8-18(3)9-11-19/h16H,4-12H2,1-3H3. The van der Waals surface area contributed by atoms with Gasteiger partial charge >= 0.3 is 0 Å². The van der Waals surface area contributed by atoms with Crippen LogP contribution in [0, 0.1) is 6.92 Å². The number of thiazole rings is 1. The van der Waals surface area contributed by atoms with Gasteiger partial charge < -0.3 is 15.1 Å². The molecule has 114 valence electrons. The molecule has 1 aliphatic rings. The SMILES string of the molecule is CCCNCc1sc(CCN2CCN(C)CC2)nc1C. The van der Waals surface area contributed by atoms with Crippen molar-refractivity contribution in [2.24, 2.45) is 0 Å². The second kappa shape index (κ2) is 8.08. The highest BCUT2D eigenvalue weighted by molar-refractivity contribution is 7.11.